The van der Waals surface area contributed by atoms with Crippen molar-refractivity contribution in [2.45, 2.75) is 0 Å². The number of benzene rings is 14. The predicted molar refractivity (Wildman–Crippen MR) is 372 cm³/mol. The second kappa shape index (κ2) is 25.2. The van der Waals surface area contributed by atoms with E-state index in [0.717, 1.165) is 102 Å². The van der Waals surface area contributed by atoms with Crippen LogP contribution in [0, 0.1) is 0 Å². The molecule has 0 unspecified atom stereocenters. The van der Waals surface area contributed by atoms with E-state index in [1.54, 1.807) is 0 Å². The van der Waals surface area contributed by atoms with E-state index in [9.17, 15) is 0 Å². The average molecular weight is 1130 g/mol. The van der Waals surface area contributed by atoms with Gasteiger partial charge in [0.25, 0.3) is 0 Å². The number of anilines is 12. The van der Waals surface area contributed by atoms with Crippen molar-refractivity contribution in [3.05, 3.63) is 376 Å². The van der Waals surface area contributed by atoms with Gasteiger partial charge in [-0.05, 0) is 201 Å². The van der Waals surface area contributed by atoms with E-state index < -0.39 is 0 Å². The first-order chi connectivity index (χ1) is 43.6. The number of hydrogen-bond donors (Lipinski definition) is 0. The van der Waals surface area contributed by atoms with Crippen LogP contribution in [0.2, 0.25) is 0 Å². The van der Waals surface area contributed by atoms with Crippen molar-refractivity contribution in [2.75, 3.05) is 19.6 Å². The molecule has 418 valence electrons. The third-order valence-corrected chi connectivity index (χ3v) is 16.3. The molecule has 14 aromatic carbocycles. The van der Waals surface area contributed by atoms with Gasteiger partial charge >= 0.3 is 0 Å². The average Bonchev–Trinajstić information content (AvgIpc) is 2.97. The Morgan fingerprint density at radius 1 is 0.0909 bits per heavy atom. The zero-order valence-corrected chi connectivity index (χ0v) is 48.6. The van der Waals surface area contributed by atoms with E-state index >= 15 is 0 Å². The van der Waals surface area contributed by atoms with E-state index in [1.165, 1.54) is 22.3 Å². The zero-order valence-electron chi connectivity index (χ0n) is 48.6. The maximum Gasteiger partial charge on any atom is 0.0463 e. The van der Waals surface area contributed by atoms with Gasteiger partial charge in [0.05, 0.1) is 0 Å². The summed E-state index contributed by atoms with van der Waals surface area (Å²) >= 11 is 0. The molecule has 4 nitrogen and oxygen atoms in total. The Balaban J connectivity index is 0.676. The highest BCUT2D eigenvalue weighted by molar-refractivity contribution is 5.86. The van der Waals surface area contributed by atoms with Crippen LogP contribution in [-0.4, -0.2) is 0 Å². The first-order valence-corrected chi connectivity index (χ1v) is 30.0. The second-order valence-electron chi connectivity index (χ2n) is 21.8. The van der Waals surface area contributed by atoms with Gasteiger partial charge in [0, 0.05) is 68.2 Å². The van der Waals surface area contributed by atoms with Crippen LogP contribution >= 0.6 is 0 Å². The summed E-state index contributed by atoms with van der Waals surface area (Å²) in [6.07, 6.45) is 0. The van der Waals surface area contributed by atoms with E-state index in [-0.39, 0.29) is 0 Å². The largest absolute Gasteiger partial charge is 0.311 e. The Kier molecular flexibility index (Phi) is 15.6. The van der Waals surface area contributed by atoms with Crippen LogP contribution in [0.3, 0.4) is 0 Å². The summed E-state index contributed by atoms with van der Waals surface area (Å²) in [5, 5.41) is 0. The van der Waals surface area contributed by atoms with Crippen LogP contribution in [-0.2, 0) is 0 Å². The highest BCUT2D eigenvalue weighted by Crippen LogP contribution is 2.43. The molecule has 0 bridgehead atoms. The van der Waals surface area contributed by atoms with Crippen LogP contribution in [0.5, 0.6) is 0 Å². The fourth-order valence-electron chi connectivity index (χ4n) is 11.8. The minimum atomic E-state index is 1.07. The molecular weight excluding hydrogens is 1060 g/mol. The molecule has 4 heteroatoms. The summed E-state index contributed by atoms with van der Waals surface area (Å²) in [7, 11) is 0. The summed E-state index contributed by atoms with van der Waals surface area (Å²) in [5.41, 5.74) is 24.8. The normalized spacial score (nSPS) is 11.0. The molecule has 14 aromatic rings. The van der Waals surface area contributed by atoms with E-state index in [0.29, 0.717) is 0 Å². The van der Waals surface area contributed by atoms with Gasteiger partial charge in [-0.2, -0.15) is 0 Å². The molecule has 0 N–H and O–H groups in total. The molecule has 0 aliphatic heterocycles. The number of rotatable bonds is 17. The third-order valence-electron chi connectivity index (χ3n) is 16.3. The summed E-state index contributed by atoms with van der Waals surface area (Å²) in [4.78, 5) is 9.28. The van der Waals surface area contributed by atoms with Gasteiger partial charge in [-0.25, -0.2) is 0 Å². The molecule has 0 radical (unpaired) electrons. The molecule has 0 saturated carbocycles. The van der Waals surface area contributed by atoms with Crippen LogP contribution in [0.15, 0.2) is 376 Å². The number of nitrogens with zero attached hydrogens (tertiary/aromatic N) is 4. The van der Waals surface area contributed by atoms with E-state index in [2.05, 4.69) is 396 Å². The predicted octanol–water partition coefficient (Wildman–Crippen LogP) is 23.9. The van der Waals surface area contributed by atoms with Crippen molar-refractivity contribution < 1.29 is 0 Å². The molecule has 0 spiro atoms. The van der Waals surface area contributed by atoms with E-state index in [1.807, 2.05) is 0 Å². The topological polar surface area (TPSA) is 13.0 Å². The molecular formula is C84H62N4. The maximum absolute atomic E-state index is 2.32. The van der Waals surface area contributed by atoms with Gasteiger partial charge < -0.3 is 19.6 Å². The van der Waals surface area contributed by atoms with Crippen molar-refractivity contribution in [1.29, 1.82) is 0 Å². The van der Waals surface area contributed by atoms with Crippen molar-refractivity contribution in [3.63, 3.8) is 0 Å². The highest BCUT2D eigenvalue weighted by Gasteiger charge is 2.19. The minimum absolute atomic E-state index is 1.07. The van der Waals surface area contributed by atoms with Crippen molar-refractivity contribution in [2.24, 2.45) is 0 Å². The quantitative estimate of drug-likeness (QED) is 0.0901. The molecule has 0 aliphatic rings. The number of hydrogen-bond acceptors (Lipinski definition) is 4. The monoisotopic (exact) mass is 1130 g/mol. The van der Waals surface area contributed by atoms with Crippen molar-refractivity contribution in [3.8, 4) is 55.6 Å². The second-order valence-corrected chi connectivity index (χ2v) is 21.8. The summed E-state index contributed by atoms with van der Waals surface area (Å²) in [5.74, 6) is 0. The molecule has 0 aliphatic carbocycles. The van der Waals surface area contributed by atoms with Crippen LogP contribution < -0.4 is 19.6 Å². The smallest absolute Gasteiger partial charge is 0.0463 e. The zero-order chi connectivity index (χ0) is 58.9. The van der Waals surface area contributed by atoms with Crippen molar-refractivity contribution >= 4 is 68.2 Å². The first kappa shape index (κ1) is 54.2. The summed E-state index contributed by atoms with van der Waals surface area (Å²) in [6.45, 7) is 0. The maximum atomic E-state index is 2.32. The summed E-state index contributed by atoms with van der Waals surface area (Å²) < 4.78 is 0. The van der Waals surface area contributed by atoms with Gasteiger partial charge in [-0.3, -0.25) is 0 Å². The van der Waals surface area contributed by atoms with E-state index in [4.69, 9.17) is 0 Å². The Labute approximate surface area is 516 Å². The molecule has 0 saturated heterocycles. The Morgan fingerprint density at radius 2 is 0.193 bits per heavy atom. The lowest BCUT2D eigenvalue weighted by molar-refractivity contribution is 1.26. The van der Waals surface area contributed by atoms with Gasteiger partial charge in [0.1, 0.15) is 0 Å². The lowest BCUT2D eigenvalue weighted by Crippen LogP contribution is -2.12. The fraction of sp³-hybridized carbons (Fsp3) is 0. The summed E-state index contributed by atoms with van der Waals surface area (Å²) in [6, 6.07) is 135. The van der Waals surface area contributed by atoms with Crippen molar-refractivity contribution in [1.82, 2.24) is 0 Å². The van der Waals surface area contributed by atoms with Crippen LogP contribution in [0.1, 0.15) is 0 Å². The fourth-order valence-corrected chi connectivity index (χ4v) is 11.8. The number of para-hydroxylation sites is 4. The lowest BCUT2D eigenvalue weighted by atomic mass is 9.99. The molecule has 0 heterocycles. The highest BCUT2D eigenvalue weighted by atomic mass is 15.2. The molecule has 0 amide bonds. The molecule has 88 heavy (non-hydrogen) atoms. The Hall–Kier alpha value is -11.7. The Morgan fingerprint density at radius 3 is 0.352 bits per heavy atom. The van der Waals surface area contributed by atoms with Crippen LogP contribution in [0.4, 0.5) is 68.2 Å². The van der Waals surface area contributed by atoms with Gasteiger partial charge in [-0.1, -0.05) is 231 Å². The first-order valence-electron chi connectivity index (χ1n) is 30.0. The molecule has 0 aromatic heterocycles. The van der Waals surface area contributed by atoms with Gasteiger partial charge in [0.2, 0.25) is 0 Å². The Bertz CT molecular complexity index is 4490. The lowest BCUT2D eigenvalue weighted by Gasteiger charge is -2.28. The van der Waals surface area contributed by atoms with Gasteiger partial charge in [0.15, 0.2) is 0 Å². The van der Waals surface area contributed by atoms with Gasteiger partial charge in [-0.15, -0.1) is 0 Å². The molecule has 14 rings (SSSR count). The SMILES string of the molecule is c1ccc(-c2ccc(N(c3ccccc3)c3ccc(-c4ccc(N(c5ccccc5)c5ccc(-c6ccc(-c7ccc(N(c8ccccc8)c8ccc(N(c9ccccc9)c9ccc(-c%10ccccc%10)cc9)cc8)cc7)cc6)cc5)cc4)cc3)cc2)cc1. The molecule has 0 atom stereocenters. The third kappa shape index (κ3) is 11.7. The minimum Gasteiger partial charge on any atom is -0.311 e. The molecule has 0 fully saturated rings. The standard InChI is InChI=1S/C84H62N4/c1-7-19-63(20-8-1)67-35-47-77(48-36-67)85(73-23-11-3-12-24-73)79-55-43-71(44-56-79)72-45-57-80(58-46-72)86(74-25-13-4-14-26-74)78-51-39-69(40-52-78)65-31-33-66(34-32-65)70-41-53-82(54-42-70)88(76-29-17-6-18-30-76)84-61-59-83(60-62-84)87(75-27-15-5-16-28-75)81-49-37-68(38-50-81)64-21-9-2-10-22-64/h1-62H. The van der Waals surface area contributed by atoms with Crippen LogP contribution in [0.25, 0.3) is 55.6 Å².